The van der Waals surface area contributed by atoms with Gasteiger partial charge in [-0.25, -0.2) is 4.39 Å². The SMILES string of the molecule is CC(C)(CC(=O)O)NC(=O)c1ccc(F)cc1I. The molecular weight excluding hydrogens is 352 g/mol. The first-order chi connectivity index (χ1) is 8.21. The molecule has 4 nitrogen and oxygen atoms in total. The highest BCUT2D eigenvalue weighted by atomic mass is 127. The standard InChI is InChI=1S/C12H13FINO3/c1-12(2,6-10(16)17)15-11(18)8-4-3-7(13)5-9(8)14/h3-5H,6H2,1-2H3,(H,15,18)(H,16,17). The Kier molecular flexibility index (Phi) is 4.66. The van der Waals surface area contributed by atoms with E-state index in [0.29, 0.717) is 9.13 Å². The van der Waals surface area contributed by atoms with Crippen molar-refractivity contribution in [2.75, 3.05) is 0 Å². The molecule has 98 valence electrons. The van der Waals surface area contributed by atoms with Crippen molar-refractivity contribution in [2.24, 2.45) is 0 Å². The summed E-state index contributed by atoms with van der Waals surface area (Å²) >= 11 is 1.86. The van der Waals surface area contributed by atoms with Crippen LogP contribution in [-0.4, -0.2) is 22.5 Å². The van der Waals surface area contributed by atoms with Gasteiger partial charge in [-0.3, -0.25) is 9.59 Å². The molecule has 0 bridgehead atoms. The van der Waals surface area contributed by atoms with Crippen molar-refractivity contribution in [3.63, 3.8) is 0 Å². The average Bonchev–Trinajstić information content (AvgIpc) is 2.13. The first kappa shape index (κ1) is 14.9. The summed E-state index contributed by atoms with van der Waals surface area (Å²) in [6, 6.07) is 3.82. The van der Waals surface area contributed by atoms with E-state index in [1.165, 1.54) is 18.2 Å². The number of carboxylic acid groups (broad SMARTS) is 1. The second-order valence-corrected chi connectivity index (χ2v) is 5.69. The lowest BCUT2D eigenvalue weighted by Crippen LogP contribution is -2.45. The summed E-state index contributed by atoms with van der Waals surface area (Å²) in [4.78, 5) is 22.6. The predicted octanol–water partition coefficient (Wildman–Crippen LogP) is 2.41. The maximum Gasteiger partial charge on any atom is 0.305 e. The maximum absolute atomic E-state index is 12.9. The van der Waals surface area contributed by atoms with Crippen LogP contribution in [0.1, 0.15) is 30.6 Å². The van der Waals surface area contributed by atoms with Crippen molar-refractivity contribution in [2.45, 2.75) is 25.8 Å². The van der Waals surface area contributed by atoms with Gasteiger partial charge in [-0.2, -0.15) is 0 Å². The van der Waals surface area contributed by atoms with Crippen LogP contribution in [0, 0.1) is 9.39 Å². The zero-order valence-corrected chi connectivity index (χ0v) is 12.1. The summed E-state index contributed by atoms with van der Waals surface area (Å²) in [6.45, 7) is 3.24. The Balaban J connectivity index is 2.85. The van der Waals surface area contributed by atoms with Crippen molar-refractivity contribution >= 4 is 34.5 Å². The molecule has 1 aromatic carbocycles. The minimum Gasteiger partial charge on any atom is -0.481 e. The van der Waals surface area contributed by atoms with E-state index in [-0.39, 0.29) is 6.42 Å². The Morgan fingerprint density at radius 2 is 2.06 bits per heavy atom. The Labute approximate surface area is 118 Å². The van der Waals surface area contributed by atoms with E-state index in [2.05, 4.69) is 5.32 Å². The molecule has 6 heteroatoms. The van der Waals surface area contributed by atoms with Crippen molar-refractivity contribution in [3.05, 3.63) is 33.1 Å². The third kappa shape index (κ3) is 4.25. The third-order valence-corrected chi connectivity index (χ3v) is 3.11. The van der Waals surface area contributed by atoms with Gasteiger partial charge in [-0.15, -0.1) is 0 Å². The van der Waals surface area contributed by atoms with Gasteiger partial charge < -0.3 is 10.4 Å². The van der Waals surface area contributed by atoms with Crippen molar-refractivity contribution in [1.29, 1.82) is 0 Å². The monoisotopic (exact) mass is 365 g/mol. The van der Waals surface area contributed by atoms with Gasteiger partial charge in [0, 0.05) is 9.11 Å². The average molecular weight is 365 g/mol. The fourth-order valence-corrected chi connectivity index (χ4v) is 2.19. The van der Waals surface area contributed by atoms with Crippen LogP contribution in [0.3, 0.4) is 0 Å². The molecule has 0 aliphatic rings. The third-order valence-electron chi connectivity index (χ3n) is 2.22. The lowest BCUT2D eigenvalue weighted by atomic mass is 10.00. The largest absolute Gasteiger partial charge is 0.481 e. The second-order valence-electron chi connectivity index (χ2n) is 4.53. The minimum absolute atomic E-state index is 0.184. The van der Waals surface area contributed by atoms with Gasteiger partial charge in [0.1, 0.15) is 5.82 Å². The number of carbonyl (C=O) groups excluding carboxylic acids is 1. The van der Waals surface area contributed by atoms with E-state index < -0.39 is 23.2 Å². The molecule has 0 radical (unpaired) electrons. The highest BCUT2D eigenvalue weighted by Crippen LogP contribution is 2.16. The molecule has 1 amide bonds. The molecule has 0 heterocycles. The van der Waals surface area contributed by atoms with Gasteiger partial charge in [0.15, 0.2) is 0 Å². The van der Waals surface area contributed by atoms with Crippen molar-refractivity contribution in [3.8, 4) is 0 Å². The molecule has 1 rings (SSSR count). The number of hydrogen-bond acceptors (Lipinski definition) is 2. The smallest absolute Gasteiger partial charge is 0.305 e. The molecule has 0 saturated heterocycles. The number of rotatable bonds is 4. The maximum atomic E-state index is 12.9. The number of hydrogen-bond donors (Lipinski definition) is 2. The quantitative estimate of drug-likeness (QED) is 0.806. The van der Waals surface area contributed by atoms with Gasteiger partial charge in [0.05, 0.1) is 12.0 Å². The van der Waals surface area contributed by atoms with Gasteiger partial charge in [0.2, 0.25) is 0 Å². The van der Waals surface area contributed by atoms with Crippen LogP contribution in [0.15, 0.2) is 18.2 Å². The van der Waals surface area contributed by atoms with E-state index in [1.807, 2.05) is 22.6 Å². The van der Waals surface area contributed by atoms with Crippen LogP contribution in [-0.2, 0) is 4.79 Å². The number of nitrogens with one attached hydrogen (secondary N) is 1. The van der Waals surface area contributed by atoms with Crippen molar-refractivity contribution < 1.29 is 19.1 Å². The highest BCUT2D eigenvalue weighted by Gasteiger charge is 2.25. The number of aliphatic carboxylic acids is 1. The van der Waals surface area contributed by atoms with E-state index >= 15 is 0 Å². The molecule has 0 spiro atoms. The van der Waals surface area contributed by atoms with E-state index in [0.717, 1.165) is 0 Å². The van der Waals surface area contributed by atoms with Crippen LogP contribution in [0.5, 0.6) is 0 Å². The highest BCUT2D eigenvalue weighted by molar-refractivity contribution is 14.1. The van der Waals surface area contributed by atoms with Crippen molar-refractivity contribution in [1.82, 2.24) is 5.32 Å². The number of halogens is 2. The first-order valence-corrected chi connectivity index (χ1v) is 6.28. The summed E-state index contributed by atoms with van der Waals surface area (Å²) < 4.78 is 13.4. The fourth-order valence-electron chi connectivity index (χ4n) is 1.47. The first-order valence-electron chi connectivity index (χ1n) is 5.20. The normalized spacial score (nSPS) is 11.1. The molecule has 0 fully saturated rings. The molecule has 18 heavy (non-hydrogen) atoms. The van der Waals surface area contributed by atoms with E-state index in [4.69, 9.17) is 5.11 Å². The summed E-state index contributed by atoms with van der Waals surface area (Å²) in [6.07, 6.45) is -0.184. The molecule has 0 saturated carbocycles. The van der Waals surface area contributed by atoms with Crippen LogP contribution >= 0.6 is 22.6 Å². The molecule has 0 unspecified atom stereocenters. The summed E-state index contributed by atoms with van der Waals surface area (Å²) in [5, 5.41) is 11.3. The zero-order valence-electron chi connectivity index (χ0n) is 9.96. The van der Waals surface area contributed by atoms with Crippen LogP contribution in [0.2, 0.25) is 0 Å². The van der Waals surface area contributed by atoms with Gasteiger partial charge in [-0.05, 0) is 54.6 Å². The molecule has 2 N–H and O–H groups in total. The van der Waals surface area contributed by atoms with Crippen LogP contribution in [0.4, 0.5) is 4.39 Å². The molecular formula is C12H13FINO3. The summed E-state index contributed by atoms with van der Waals surface area (Å²) in [5.41, 5.74) is -0.532. The fraction of sp³-hybridized carbons (Fsp3) is 0.333. The van der Waals surface area contributed by atoms with E-state index in [1.54, 1.807) is 13.8 Å². The van der Waals surface area contributed by atoms with Crippen LogP contribution < -0.4 is 5.32 Å². The summed E-state index contributed by atoms with van der Waals surface area (Å²) in [7, 11) is 0. The van der Waals surface area contributed by atoms with Gasteiger partial charge in [0.25, 0.3) is 5.91 Å². The Morgan fingerprint density at radius 1 is 1.44 bits per heavy atom. The number of benzene rings is 1. The Morgan fingerprint density at radius 3 is 2.56 bits per heavy atom. The lowest BCUT2D eigenvalue weighted by molar-refractivity contribution is -0.138. The molecule has 0 aliphatic carbocycles. The Bertz CT molecular complexity index is 488. The predicted molar refractivity (Wildman–Crippen MR) is 72.9 cm³/mol. The number of amides is 1. The summed E-state index contributed by atoms with van der Waals surface area (Å²) in [5.74, 6) is -1.82. The van der Waals surface area contributed by atoms with Gasteiger partial charge in [-0.1, -0.05) is 0 Å². The second kappa shape index (κ2) is 5.64. The minimum atomic E-state index is -0.992. The van der Waals surface area contributed by atoms with Gasteiger partial charge >= 0.3 is 5.97 Å². The zero-order chi connectivity index (χ0) is 13.9. The Hall–Kier alpha value is -1.18. The number of carbonyl (C=O) groups is 2. The molecule has 0 atom stereocenters. The molecule has 0 aliphatic heterocycles. The molecule has 0 aromatic heterocycles. The lowest BCUT2D eigenvalue weighted by Gasteiger charge is -2.24. The molecule has 1 aromatic rings. The van der Waals surface area contributed by atoms with Crippen LogP contribution in [0.25, 0.3) is 0 Å². The topological polar surface area (TPSA) is 66.4 Å². The number of carboxylic acids is 1. The van der Waals surface area contributed by atoms with E-state index in [9.17, 15) is 14.0 Å².